The number of nitrogens with zero attached hydrogens (tertiary/aromatic N) is 1. The second-order valence-electron chi connectivity index (χ2n) is 13.0. The molecule has 0 aromatic heterocycles. The monoisotopic (exact) mass is 774 g/mol. The van der Waals surface area contributed by atoms with Gasteiger partial charge in [-0.3, -0.25) is 14.4 Å². The fraction of sp³-hybridized carbons (Fsp3) is 0.282. The number of esters is 1. The Bertz CT molecular complexity index is 1910. The zero-order chi connectivity index (χ0) is 37.0. The van der Waals surface area contributed by atoms with Crippen molar-refractivity contribution in [3.63, 3.8) is 0 Å². The molecule has 51 heavy (non-hydrogen) atoms. The van der Waals surface area contributed by atoms with Gasteiger partial charge in [0.2, 0.25) is 5.12 Å². The first kappa shape index (κ1) is 37.4. The number of hydrogen-bond donors (Lipinski definition) is 1. The number of alkyl carbamates (subject to hydrolysis) is 1. The topological polar surface area (TPSA) is 120 Å². The predicted molar refractivity (Wildman–Crippen MR) is 198 cm³/mol. The van der Waals surface area contributed by atoms with Crippen molar-refractivity contribution in [2.45, 2.75) is 56.9 Å². The number of carbonyl (C=O) groups excluding carboxylic acids is 4. The maximum absolute atomic E-state index is 15.3. The zero-order valence-electron chi connectivity index (χ0n) is 29.2. The fourth-order valence-corrected chi connectivity index (χ4v) is 7.38. The van der Waals surface area contributed by atoms with E-state index in [0.717, 1.165) is 17.3 Å². The summed E-state index contributed by atoms with van der Waals surface area (Å²) in [6, 6.07) is 27.9. The number of halogens is 1. The maximum Gasteiger partial charge on any atom is 0.408 e. The number of hydrogen-bond acceptors (Lipinski definition) is 9. The molecule has 0 radical (unpaired) electrons. The molecule has 0 fully saturated rings. The van der Waals surface area contributed by atoms with Crippen LogP contribution < -0.4 is 19.7 Å². The molecule has 10 nitrogen and oxygen atoms in total. The summed E-state index contributed by atoms with van der Waals surface area (Å²) >= 11 is 4.36. The van der Waals surface area contributed by atoms with Gasteiger partial charge in [-0.2, -0.15) is 0 Å². The van der Waals surface area contributed by atoms with E-state index in [0.29, 0.717) is 32.1 Å². The van der Waals surface area contributed by atoms with E-state index in [1.54, 1.807) is 94.6 Å². The summed E-state index contributed by atoms with van der Waals surface area (Å²) in [6.07, 6.45) is -1.00. The maximum atomic E-state index is 15.3. The first-order chi connectivity index (χ1) is 24.2. The highest BCUT2D eigenvalue weighted by molar-refractivity contribution is 9.10. The van der Waals surface area contributed by atoms with Gasteiger partial charge in [0, 0.05) is 14.9 Å². The van der Waals surface area contributed by atoms with Crippen LogP contribution in [0.3, 0.4) is 0 Å². The van der Waals surface area contributed by atoms with Gasteiger partial charge in [0.1, 0.15) is 23.7 Å². The molecule has 1 heterocycles. The van der Waals surface area contributed by atoms with Crippen LogP contribution in [0.5, 0.6) is 11.5 Å². The van der Waals surface area contributed by atoms with Crippen LogP contribution in [0.15, 0.2) is 106 Å². The summed E-state index contributed by atoms with van der Waals surface area (Å²) in [6.45, 7) is 6.21. The van der Waals surface area contributed by atoms with Gasteiger partial charge < -0.3 is 29.2 Å². The van der Waals surface area contributed by atoms with Gasteiger partial charge in [-0.1, -0.05) is 66.4 Å². The molecule has 12 heteroatoms. The van der Waals surface area contributed by atoms with E-state index in [9.17, 15) is 14.4 Å². The Kier molecular flexibility index (Phi) is 11.2. The molecule has 4 aromatic rings. The van der Waals surface area contributed by atoms with E-state index in [4.69, 9.17) is 18.9 Å². The largest absolute Gasteiger partial charge is 0.497 e. The van der Waals surface area contributed by atoms with Crippen LogP contribution in [0.2, 0.25) is 0 Å². The number of nitrogens with one attached hydrogen (secondary N) is 1. The molecule has 1 aliphatic rings. The van der Waals surface area contributed by atoms with Gasteiger partial charge in [0.15, 0.2) is 11.0 Å². The minimum Gasteiger partial charge on any atom is -0.497 e. The van der Waals surface area contributed by atoms with Crippen molar-refractivity contribution in [3.05, 3.63) is 118 Å². The lowest BCUT2D eigenvalue weighted by Gasteiger charge is -2.42. The molecule has 0 spiro atoms. The third-order valence-electron chi connectivity index (χ3n) is 8.46. The van der Waals surface area contributed by atoms with Gasteiger partial charge in [-0.05, 0) is 97.2 Å². The average molecular weight is 776 g/mol. The number of anilines is 1. The third kappa shape index (κ3) is 7.62. The smallest absolute Gasteiger partial charge is 0.408 e. The van der Waals surface area contributed by atoms with Crippen molar-refractivity contribution in [1.29, 1.82) is 0 Å². The molecule has 2 atom stereocenters. The Labute approximate surface area is 309 Å². The highest BCUT2D eigenvalue weighted by atomic mass is 79.9. The van der Waals surface area contributed by atoms with Gasteiger partial charge in [0.05, 0.1) is 26.5 Å². The number of thioether (sulfide) groups is 1. The molecule has 1 N–H and O–H groups in total. The molecule has 1 aliphatic heterocycles. The molecular weight excluding hydrogens is 736 g/mol. The van der Waals surface area contributed by atoms with E-state index >= 15 is 4.79 Å². The Morgan fingerprint density at radius 3 is 2.00 bits per heavy atom. The number of carbonyl (C=O) groups is 4. The number of para-hydroxylation sites is 1. The quantitative estimate of drug-likeness (QED) is 0.0925. The summed E-state index contributed by atoms with van der Waals surface area (Å²) < 4.78 is 22.7. The Morgan fingerprint density at radius 2 is 1.41 bits per heavy atom. The predicted octanol–water partition coefficient (Wildman–Crippen LogP) is 7.80. The average Bonchev–Trinajstić information content (AvgIpc) is 3.34. The molecular formula is C39H39BrN2O8S. The highest BCUT2D eigenvalue weighted by Gasteiger charge is 2.70. The summed E-state index contributed by atoms with van der Waals surface area (Å²) in [4.78, 5) is 60.8. The van der Waals surface area contributed by atoms with E-state index in [1.807, 2.05) is 30.3 Å². The number of fused-ring (bicyclic) bond motifs is 1. The molecule has 2 amide bonds. The van der Waals surface area contributed by atoms with Crippen LogP contribution >= 0.6 is 27.7 Å². The first-order valence-electron chi connectivity index (χ1n) is 16.1. The van der Waals surface area contributed by atoms with Crippen LogP contribution in [0.4, 0.5) is 10.5 Å². The van der Waals surface area contributed by atoms with Gasteiger partial charge in [-0.25, -0.2) is 4.79 Å². The van der Waals surface area contributed by atoms with Crippen LogP contribution in [-0.2, 0) is 42.5 Å². The highest BCUT2D eigenvalue weighted by Crippen LogP contribution is 2.55. The molecule has 0 saturated heterocycles. The van der Waals surface area contributed by atoms with Crippen molar-refractivity contribution >= 4 is 56.5 Å². The zero-order valence-corrected chi connectivity index (χ0v) is 31.6. The van der Waals surface area contributed by atoms with Gasteiger partial charge >= 0.3 is 12.1 Å². The lowest BCUT2D eigenvalue weighted by Crippen LogP contribution is -2.67. The molecule has 0 saturated carbocycles. The molecule has 5 rings (SSSR count). The molecule has 0 bridgehead atoms. The molecule has 0 aliphatic carbocycles. The van der Waals surface area contributed by atoms with E-state index in [1.165, 1.54) is 18.9 Å². The molecule has 2 unspecified atom stereocenters. The summed E-state index contributed by atoms with van der Waals surface area (Å²) in [5.74, 6) is -0.565. The van der Waals surface area contributed by atoms with Crippen LogP contribution in [-0.4, -0.2) is 42.9 Å². The van der Waals surface area contributed by atoms with Crippen molar-refractivity contribution in [2.24, 2.45) is 5.41 Å². The summed E-state index contributed by atoms with van der Waals surface area (Å²) in [7, 11) is 3.07. The van der Waals surface area contributed by atoms with E-state index in [2.05, 4.69) is 21.2 Å². The first-order valence-corrected chi connectivity index (χ1v) is 17.7. The standard InChI is InChI=1S/C39H39BrN2O8S/c1-37(2,3)50-36(46)41-39(30-13-10-14-31(40)32(30)42(33(39)43)23-25-11-8-7-9-12-25)38(4,35(45)51-29-21-19-28(48-6)20-22-29)34(44)49-24-26-15-17-27(47-5)18-16-26/h7-22H,23-24H2,1-6H3,(H,41,46). The van der Waals surface area contributed by atoms with E-state index < -0.39 is 39.6 Å². The summed E-state index contributed by atoms with van der Waals surface area (Å²) in [5, 5.41) is 2.03. The van der Waals surface area contributed by atoms with Crippen molar-refractivity contribution < 1.29 is 38.1 Å². The lowest BCUT2D eigenvalue weighted by molar-refractivity contribution is -0.167. The van der Waals surface area contributed by atoms with Crippen LogP contribution in [0, 0.1) is 5.41 Å². The van der Waals surface area contributed by atoms with Gasteiger partial charge in [0.25, 0.3) is 5.91 Å². The third-order valence-corrected chi connectivity index (χ3v) is 10.2. The number of rotatable bonds is 11. The molecule has 4 aromatic carbocycles. The number of benzene rings is 4. The van der Waals surface area contributed by atoms with Crippen LogP contribution in [0.25, 0.3) is 0 Å². The molecule has 266 valence electrons. The second kappa shape index (κ2) is 15.2. The Hall–Kier alpha value is -4.81. The Morgan fingerprint density at radius 1 is 0.804 bits per heavy atom. The van der Waals surface area contributed by atoms with E-state index in [-0.39, 0.29) is 18.7 Å². The normalized spacial score (nSPS) is 16.5. The number of methoxy groups -OCH3 is 2. The minimum absolute atomic E-state index is 0.0732. The Balaban J connectivity index is 1.71. The minimum atomic E-state index is -2.36. The number of ether oxygens (including phenoxy) is 4. The lowest BCUT2D eigenvalue weighted by atomic mass is 9.67. The SMILES string of the molecule is COc1ccc(COC(=O)C(C)(C(=O)Sc2ccc(OC)cc2)C2(NC(=O)OC(C)(C)C)C(=O)N(Cc3ccccc3)c3c(Br)cccc32)cc1. The van der Waals surface area contributed by atoms with Crippen LogP contribution in [0.1, 0.15) is 44.4 Å². The van der Waals surface area contributed by atoms with Gasteiger partial charge in [-0.15, -0.1) is 0 Å². The fourth-order valence-electron chi connectivity index (χ4n) is 5.87. The summed E-state index contributed by atoms with van der Waals surface area (Å²) in [5.41, 5.74) is -3.67. The van der Waals surface area contributed by atoms with Crippen molar-refractivity contribution in [1.82, 2.24) is 5.32 Å². The number of amides is 2. The second-order valence-corrected chi connectivity index (χ2v) is 14.9. The van der Waals surface area contributed by atoms with Crippen molar-refractivity contribution in [2.75, 3.05) is 19.1 Å². The van der Waals surface area contributed by atoms with Crippen molar-refractivity contribution in [3.8, 4) is 11.5 Å².